The predicted octanol–water partition coefficient (Wildman–Crippen LogP) is 3.12. The molecule has 8 heteroatoms. The van der Waals surface area contributed by atoms with E-state index in [0.717, 1.165) is 5.69 Å². The Kier molecular flexibility index (Phi) is 4.59. The average Bonchev–Trinajstić information content (AvgIpc) is 2.87. The van der Waals surface area contributed by atoms with E-state index in [2.05, 4.69) is 10.4 Å². The minimum Gasteiger partial charge on any atom is -0.490 e. The van der Waals surface area contributed by atoms with Gasteiger partial charge in [0.05, 0.1) is 23.3 Å². The largest absolute Gasteiger partial charge is 0.490 e. The first kappa shape index (κ1) is 17.5. The molecule has 8 nitrogen and oxygen atoms in total. The van der Waals surface area contributed by atoms with Gasteiger partial charge < -0.3 is 10.1 Å². The predicted molar refractivity (Wildman–Crippen MR) is 89.6 cm³/mol. The van der Waals surface area contributed by atoms with Crippen molar-refractivity contribution in [2.45, 2.75) is 33.2 Å². The lowest BCUT2D eigenvalue weighted by molar-refractivity contribution is -0.385. The SMILES string of the molecule is COc1ccc(C(=O)Nc2cc(C)nn2C(C)(C)C)cc1[N+](=O)[O-]. The second-order valence-electron chi connectivity index (χ2n) is 6.35. The van der Waals surface area contributed by atoms with E-state index < -0.39 is 10.8 Å². The lowest BCUT2D eigenvalue weighted by atomic mass is 10.1. The Morgan fingerprint density at radius 3 is 2.54 bits per heavy atom. The van der Waals surface area contributed by atoms with Crippen LogP contribution in [0.15, 0.2) is 24.3 Å². The molecule has 0 saturated carbocycles. The van der Waals surface area contributed by atoms with E-state index in [0.29, 0.717) is 5.82 Å². The number of nitro groups is 1. The number of carbonyl (C=O) groups is 1. The molecule has 2 rings (SSSR count). The lowest BCUT2D eigenvalue weighted by Crippen LogP contribution is -2.26. The van der Waals surface area contributed by atoms with Crippen LogP contribution in [0.3, 0.4) is 0 Å². The van der Waals surface area contributed by atoms with Crippen molar-refractivity contribution in [3.05, 3.63) is 45.6 Å². The highest BCUT2D eigenvalue weighted by molar-refractivity contribution is 6.04. The highest BCUT2D eigenvalue weighted by Gasteiger charge is 2.22. The van der Waals surface area contributed by atoms with E-state index in [1.807, 2.05) is 27.7 Å². The maximum atomic E-state index is 12.5. The topological polar surface area (TPSA) is 99.3 Å². The second kappa shape index (κ2) is 6.31. The Balaban J connectivity index is 2.35. The van der Waals surface area contributed by atoms with E-state index in [1.54, 1.807) is 10.7 Å². The molecule has 0 atom stereocenters. The molecule has 128 valence electrons. The van der Waals surface area contributed by atoms with Gasteiger partial charge in [-0.2, -0.15) is 5.10 Å². The summed E-state index contributed by atoms with van der Waals surface area (Å²) in [5.41, 5.74) is 0.358. The number of nitrogens with one attached hydrogen (secondary N) is 1. The van der Waals surface area contributed by atoms with Gasteiger partial charge in [-0.1, -0.05) is 0 Å². The van der Waals surface area contributed by atoms with Crippen LogP contribution < -0.4 is 10.1 Å². The number of benzene rings is 1. The van der Waals surface area contributed by atoms with Crippen molar-refractivity contribution in [3.63, 3.8) is 0 Å². The Morgan fingerprint density at radius 1 is 1.33 bits per heavy atom. The van der Waals surface area contributed by atoms with E-state index in [-0.39, 0.29) is 22.5 Å². The van der Waals surface area contributed by atoms with Crippen LogP contribution >= 0.6 is 0 Å². The van der Waals surface area contributed by atoms with Crippen molar-refractivity contribution in [2.75, 3.05) is 12.4 Å². The minimum absolute atomic E-state index is 0.104. The molecule has 1 aromatic carbocycles. The van der Waals surface area contributed by atoms with Crippen molar-refractivity contribution in [1.29, 1.82) is 0 Å². The van der Waals surface area contributed by atoms with Crippen LogP contribution in [0, 0.1) is 17.0 Å². The standard InChI is InChI=1S/C16H20N4O4/c1-10-8-14(19(18-10)16(2,3)4)17-15(21)11-6-7-13(24-5)12(9-11)20(22)23/h6-9H,1-5H3,(H,17,21). The molecule has 1 amide bonds. The molecule has 1 heterocycles. The van der Waals surface area contributed by atoms with Gasteiger partial charge in [-0.05, 0) is 39.8 Å². The number of nitrogens with zero attached hydrogens (tertiary/aromatic N) is 3. The Morgan fingerprint density at radius 2 is 2.00 bits per heavy atom. The molecule has 24 heavy (non-hydrogen) atoms. The fourth-order valence-corrected chi connectivity index (χ4v) is 2.26. The number of aryl methyl sites for hydroxylation is 1. The first-order valence-electron chi connectivity index (χ1n) is 7.34. The Hall–Kier alpha value is -2.90. The molecular weight excluding hydrogens is 312 g/mol. The molecule has 0 fully saturated rings. The number of rotatable bonds is 4. The van der Waals surface area contributed by atoms with Crippen LogP contribution in [-0.2, 0) is 5.54 Å². The van der Waals surface area contributed by atoms with Crippen LogP contribution in [0.2, 0.25) is 0 Å². The maximum Gasteiger partial charge on any atom is 0.311 e. The quantitative estimate of drug-likeness (QED) is 0.685. The van der Waals surface area contributed by atoms with Crippen molar-refractivity contribution in [3.8, 4) is 5.75 Å². The molecule has 1 aromatic heterocycles. The van der Waals surface area contributed by atoms with Crippen LogP contribution in [-0.4, -0.2) is 27.7 Å². The average molecular weight is 332 g/mol. The summed E-state index contributed by atoms with van der Waals surface area (Å²) < 4.78 is 6.65. The Labute approximate surface area is 139 Å². The second-order valence-corrected chi connectivity index (χ2v) is 6.35. The molecule has 0 aliphatic heterocycles. The lowest BCUT2D eigenvalue weighted by Gasteiger charge is -2.22. The smallest absolute Gasteiger partial charge is 0.311 e. The highest BCUT2D eigenvalue weighted by atomic mass is 16.6. The Bertz CT molecular complexity index is 790. The zero-order chi connectivity index (χ0) is 18.1. The van der Waals surface area contributed by atoms with Crippen LogP contribution in [0.1, 0.15) is 36.8 Å². The van der Waals surface area contributed by atoms with Gasteiger partial charge in [-0.25, -0.2) is 4.68 Å². The fraction of sp³-hybridized carbons (Fsp3) is 0.375. The number of nitro benzene ring substituents is 1. The number of amides is 1. The first-order valence-corrected chi connectivity index (χ1v) is 7.34. The number of ether oxygens (including phenoxy) is 1. The van der Waals surface area contributed by atoms with E-state index in [4.69, 9.17) is 4.74 Å². The van der Waals surface area contributed by atoms with Crippen molar-refractivity contribution >= 4 is 17.4 Å². The van der Waals surface area contributed by atoms with Gasteiger partial charge in [0.25, 0.3) is 5.91 Å². The van der Waals surface area contributed by atoms with Gasteiger partial charge in [0.15, 0.2) is 5.75 Å². The number of aromatic nitrogens is 2. The third-order valence-electron chi connectivity index (χ3n) is 3.35. The van der Waals surface area contributed by atoms with Crippen molar-refractivity contribution < 1.29 is 14.5 Å². The summed E-state index contributed by atoms with van der Waals surface area (Å²) in [4.78, 5) is 23.0. The van der Waals surface area contributed by atoms with Crippen molar-refractivity contribution in [1.82, 2.24) is 9.78 Å². The fourth-order valence-electron chi connectivity index (χ4n) is 2.26. The van der Waals surface area contributed by atoms with E-state index in [9.17, 15) is 14.9 Å². The number of hydrogen-bond donors (Lipinski definition) is 1. The molecular formula is C16H20N4O4. The van der Waals surface area contributed by atoms with E-state index in [1.165, 1.54) is 25.3 Å². The van der Waals surface area contributed by atoms with Crippen LogP contribution in [0.25, 0.3) is 0 Å². The van der Waals surface area contributed by atoms with Gasteiger partial charge in [0.1, 0.15) is 5.82 Å². The summed E-state index contributed by atoms with van der Waals surface area (Å²) in [6.45, 7) is 7.73. The first-order chi connectivity index (χ1) is 11.1. The van der Waals surface area contributed by atoms with Gasteiger partial charge in [0, 0.05) is 17.7 Å². The van der Waals surface area contributed by atoms with E-state index >= 15 is 0 Å². The molecule has 0 saturated heterocycles. The summed E-state index contributed by atoms with van der Waals surface area (Å²) >= 11 is 0. The molecule has 2 aromatic rings. The summed E-state index contributed by atoms with van der Waals surface area (Å²) in [5, 5.41) is 18.2. The zero-order valence-electron chi connectivity index (χ0n) is 14.3. The molecule has 0 unspecified atom stereocenters. The summed E-state index contributed by atoms with van der Waals surface area (Å²) in [6.07, 6.45) is 0. The van der Waals surface area contributed by atoms with Crippen LogP contribution in [0.4, 0.5) is 11.5 Å². The van der Waals surface area contributed by atoms with Gasteiger partial charge in [-0.3, -0.25) is 14.9 Å². The third kappa shape index (κ3) is 3.53. The van der Waals surface area contributed by atoms with Gasteiger partial charge in [0.2, 0.25) is 0 Å². The molecule has 0 aliphatic carbocycles. The molecule has 0 aliphatic rings. The number of hydrogen-bond acceptors (Lipinski definition) is 5. The minimum atomic E-state index is -0.584. The zero-order valence-corrected chi connectivity index (χ0v) is 14.3. The molecule has 0 spiro atoms. The van der Waals surface area contributed by atoms with Gasteiger partial charge in [-0.15, -0.1) is 0 Å². The summed E-state index contributed by atoms with van der Waals surface area (Å²) in [7, 11) is 1.34. The maximum absolute atomic E-state index is 12.5. The third-order valence-corrected chi connectivity index (χ3v) is 3.35. The van der Waals surface area contributed by atoms with Crippen LogP contribution in [0.5, 0.6) is 5.75 Å². The summed E-state index contributed by atoms with van der Waals surface area (Å²) in [5.74, 6) is 0.182. The van der Waals surface area contributed by atoms with Gasteiger partial charge >= 0.3 is 5.69 Å². The number of anilines is 1. The summed E-state index contributed by atoms with van der Waals surface area (Å²) in [6, 6.07) is 5.82. The molecule has 0 bridgehead atoms. The normalized spacial score (nSPS) is 11.2. The highest BCUT2D eigenvalue weighted by Crippen LogP contribution is 2.28. The monoisotopic (exact) mass is 332 g/mol. The van der Waals surface area contributed by atoms with Crippen molar-refractivity contribution in [2.24, 2.45) is 0 Å². The number of methoxy groups -OCH3 is 1. The molecule has 1 N–H and O–H groups in total. The molecule has 0 radical (unpaired) electrons. The number of carbonyl (C=O) groups excluding carboxylic acids is 1.